The molecule has 6 nitrogen and oxygen atoms in total. The molecule has 152 valence electrons. The van der Waals surface area contributed by atoms with Crippen LogP contribution in [0.1, 0.15) is 15.9 Å². The fourth-order valence-electron chi connectivity index (χ4n) is 2.74. The van der Waals surface area contributed by atoms with Crippen LogP contribution in [0, 0.1) is 11.6 Å². The molecular weight excluding hydrogens is 404 g/mol. The van der Waals surface area contributed by atoms with Crippen molar-refractivity contribution in [2.45, 2.75) is 6.54 Å². The summed E-state index contributed by atoms with van der Waals surface area (Å²) in [7, 11) is 1.47. The summed E-state index contributed by atoms with van der Waals surface area (Å²) in [6, 6.07) is 7.78. The number of fused-ring (bicyclic) bond motifs is 1. The third-order valence-corrected chi connectivity index (χ3v) is 4.50. The molecule has 2 aromatic carbocycles. The molecule has 3 N–H and O–H groups in total. The van der Waals surface area contributed by atoms with Crippen LogP contribution < -0.4 is 10.6 Å². The van der Waals surface area contributed by atoms with Crippen molar-refractivity contribution < 1.29 is 23.4 Å². The van der Waals surface area contributed by atoms with Gasteiger partial charge in [-0.3, -0.25) is 9.78 Å². The van der Waals surface area contributed by atoms with Crippen LogP contribution in [0.2, 0.25) is 5.02 Å². The second-order valence-electron chi connectivity index (χ2n) is 6.19. The first-order valence-corrected chi connectivity index (χ1v) is 9.05. The molecule has 0 aliphatic carbocycles. The van der Waals surface area contributed by atoms with Crippen LogP contribution in [0.3, 0.4) is 0 Å². The molecule has 0 saturated heterocycles. The highest BCUT2D eigenvalue weighted by Crippen LogP contribution is 2.33. The number of carbonyl (C=O) groups excluding carboxylic acids is 1. The van der Waals surface area contributed by atoms with E-state index in [1.807, 2.05) is 0 Å². The number of methoxy groups -OCH3 is 1. The first-order valence-electron chi connectivity index (χ1n) is 8.67. The molecular formula is C20H18ClF2N3O3. The Bertz CT molecular complexity index is 1050. The molecule has 0 fully saturated rings. The van der Waals surface area contributed by atoms with Crippen molar-refractivity contribution in [2.75, 3.05) is 25.6 Å². The number of aromatic nitrogens is 1. The number of rotatable bonds is 7. The van der Waals surface area contributed by atoms with Crippen LogP contribution in [0.4, 0.5) is 14.5 Å². The van der Waals surface area contributed by atoms with Gasteiger partial charge in [0.25, 0.3) is 5.91 Å². The van der Waals surface area contributed by atoms with Gasteiger partial charge in [-0.05, 0) is 23.8 Å². The summed E-state index contributed by atoms with van der Waals surface area (Å²) < 4.78 is 33.8. The van der Waals surface area contributed by atoms with E-state index in [1.54, 1.807) is 24.3 Å². The van der Waals surface area contributed by atoms with Gasteiger partial charge in [-0.15, -0.1) is 0 Å². The topological polar surface area (TPSA) is 83.5 Å². The van der Waals surface area contributed by atoms with E-state index in [0.717, 1.165) is 17.8 Å². The van der Waals surface area contributed by atoms with Gasteiger partial charge in [0.1, 0.15) is 28.3 Å². The van der Waals surface area contributed by atoms with E-state index in [0.29, 0.717) is 5.02 Å². The van der Waals surface area contributed by atoms with E-state index < -0.39 is 23.3 Å². The van der Waals surface area contributed by atoms with Gasteiger partial charge in [0, 0.05) is 36.8 Å². The van der Waals surface area contributed by atoms with Crippen LogP contribution in [0.15, 0.2) is 36.5 Å². The molecule has 0 radical (unpaired) electrons. The second kappa shape index (κ2) is 9.02. The number of carbonyl (C=O) groups is 1. The fraction of sp³-hybridized carbons (Fsp3) is 0.200. The molecule has 0 unspecified atom stereocenters. The van der Waals surface area contributed by atoms with E-state index in [1.165, 1.54) is 7.11 Å². The van der Waals surface area contributed by atoms with Gasteiger partial charge in [-0.2, -0.15) is 0 Å². The number of pyridine rings is 1. The van der Waals surface area contributed by atoms with Gasteiger partial charge >= 0.3 is 0 Å². The van der Waals surface area contributed by atoms with E-state index >= 15 is 0 Å². The van der Waals surface area contributed by atoms with Gasteiger partial charge in [-0.25, -0.2) is 8.78 Å². The highest BCUT2D eigenvalue weighted by atomic mass is 35.5. The van der Waals surface area contributed by atoms with E-state index in [4.69, 9.17) is 16.3 Å². The monoisotopic (exact) mass is 421 g/mol. The van der Waals surface area contributed by atoms with Crippen LogP contribution in [0.5, 0.6) is 5.75 Å². The first-order chi connectivity index (χ1) is 13.9. The van der Waals surface area contributed by atoms with Crippen LogP contribution in [-0.4, -0.2) is 36.3 Å². The molecule has 0 aliphatic rings. The Morgan fingerprint density at radius 1 is 1.28 bits per heavy atom. The van der Waals surface area contributed by atoms with E-state index in [9.17, 15) is 18.7 Å². The van der Waals surface area contributed by atoms with Gasteiger partial charge in [-0.1, -0.05) is 23.7 Å². The maximum Gasteiger partial charge on any atom is 0.256 e. The van der Waals surface area contributed by atoms with Crippen LogP contribution in [-0.2, 0) is 11.3 Å². The Balaban J connectivity index is 1.86. The Kier molecular flexibility index (Phi) is 6.46. The van der Waals surface area contributed by atoms with Gasteiger partial charge < -0.3 is 20.5 Å². The fourth-order valence-corrected chi connectivity index (χ4v) is 2.86. The largest absolute Gasteiger partial charge is 0.506 e. The lowest BCUT2D eigenvalue weighted by atomic mass is 10.1. The number of anilines is 1. The summed E-state index contributed by atoms with van der Waals surface area (Å²) in [5.74, 6) is -3.05. The predicted molar refractivity (Wildman–Crippen MR) is 106 cm³/mol. The standard InChI is InChI=1S/C20H18ClF2N3O3/c1-29-7-6-24-18-15(22)8-13-17(16(18)23)25-10-14(19(13)27)20(28)26-9-11-2-4-12(21)5-3-11/h2-5,8,10,24H,6-7,9H2,1H3,(H,25,27)(H,26,28). The van der Waals surface area contributed by atoms with Crippen molar-refractivity contribution in [3.05, 3.63) is 64.3 Å². The van der Waals surface area contributed by atoms with Crippen LogP contribution >= 0.6 is 11.6 Å². The zero-order chi connectivity index (χ0) is 21.0. The molecule has 1 aromatic heterocycles. The smallest absolute Gasteiger partial charge is 0.256 e. The maximum atomic E-state index is 14.6. The highest BCUT2D eigenvalue weighted by molar-refractivity contribution is 6.30. The molecule has 29 heavy (non-hydrogen) atoms. The van der Waals surface area contributed by atoms with Gasteiger partial charge in [0.15, 0.2) is 5.82 Å². The minimum absolute atomic E-state index is 0.179. The molecule has 3 aromatic rings. The maximum absolute atomic E-state index is 14.6. The van der Waals surface area contributed by atoms with E-state index in [-0.39, 0.29) is 41.9 Å². The number of halogens is 3. The number of ether oxygens (including phenoxy) is 1. The SMILES string of the molecule is COCCNc1c(F)cc2c(O)c(C(=O)NCc3ccc(Cl)cc3)cnc2c1F. The summed E-state index contributed by atoms with van der Waals surface area (Å²) in [6.07, 6.45) is 1.05. The van der Waals surface area contributed by atoms with Gasteiger partial charge in [0.05, 0.1) is 6.61 Å². The first kappa shape index (κ1) is 20.8. The Labute approximate surface area is 170 Å². The zero-order valence-electron chi connectivity index (χ0n) is 15.4. The number of benzene rings is 2. The average molecular weight is 422 g/mol. The number of nitrogens with one attached hydrogen (secondary N) is 2. The lowest BCUT2D eigenvalue weighted by Gasteiger charge is -2.13. The van der Waals surface area contributed by atoms with Crippen LogP contribution in [0.25, 0.3) is 10.9 Å². The normalized spacial score (nSPS) is 10.9. The van der Waals surface area contributed by atoms with Crippen molar-refractivity contribution >= 4 is 34.1 Å². The lowest BCUT2D eigenvalue weighted by Crippen LogP contribution is -2.23. The minimum Gasteiger partial charge on any atom is -0.506 e. The van der Waals surface area contributed by atoms with E-state index in [2.05, 4.69) is 15.6 Å². The minimum atomic E-state index is -0.959. The molecule has 0 saturated carbocycles. The third kappa shape index (κ3) is 4.55. The van der Waals surface area contributed by atoms with Crippen molar-refractivity contribution in [1.29, 1.82) is 0 Å². The quantitative estimate of drug-likeness (QED) is 0.504. The Hall–Kier alpha value is -2.97. The zero-order valence-corrected chi connectivity index (χ0v) is 16.2. The average Bonchev–Trinajstić information content (AvgIpc) is 2.70. The number of aromatic hydroxyl groups is 1. The van der Waals surface area contributed by atoms with Gasteiger partial charge in [0.2, 0.25) is 0 Å². The molecule has 0 spiro atoms. The van der Waals surface area contributed by atoms with Crippen molar-refractivity contribution in [1.82, 2.24) is 10.3 Å². The number of nitrogens with zero attached hydrogens (tertiary/aromatic N) is 1. The Morgan fingerprint density at radius 2 is 2.00 bits per heavy atom. The highest BCUT2D eigenvalue weighted by Gasteiger charge is 2.21. The lowest BCUT2D eigenvalue weighted by molar-refractivity contribution is 0.0948. The van der Waals surface area contributed by atoms with Crippen molar-refractivity contribution in [3.8, 4) is 5.75 Å². The number of amides is 1. The molecule has 1 amide bonds. The third-order valence-electron chi connectivity index (χ3n) is 4.24. The second-order valence-corrected chi connectivity index (χ2v) is 6.63. The molecule has 0 bridgehead atoms. The summed E-state index contributed by atoms with van der Waals surface area (Å²) in [5, 5.41) is 16.0. The summed E-state index contributed by atoms with van der Waals surface area (Å²) in [6.45, 7) is 0.619. The van der Waals surface area contributed by atoms with Crippen molar-refractivity contribution in [3.63, 3.8) is 0 Å². The number of hydrogen-bond donors (Lipinski definition) is 3. The van der Waals surface area contributed by atoms with Crippen molar-refractivity contribution in [2.24, 2.45) is 0 Å². The molecule has 1 heterocycles. The molecule has 9 heteroatoms. The number of hydrogen-bond acceptors (Lipinski definition) is 5. The summed E-state index contributed by atoms with van der Waals surface area (Å²) >= 11 is 5.82. The predicted octanol–water partition coefficient (Wildman–Crippen LogP) is 3.86. The summed E-state index contributed by atoms with van der Waals surface area (Å²) in [5.41, 5.74) is -0.0235. The molecule has 3 rings (SSSR count). The molecule has 0 atom stereocenters. The summed E-state index contributed by atoms with van der Waals surface area (Å²) in [4.78, 5) is 16.3. The molecule has 0 aliphatic heterocycles. The Morgan fingerprint density at radius 3 is 2.69 bits per heavy atom.